The molecule has 1 fully saturated rings. The number of rotatable bonds is 4. The number of carbonyl (C=O) groups excluding carboxylic acids is 3. The number of aromatic nitrogens is 2. The molecule has 13 heteroatoms. The van der Waals surface area contributed by atoms with Crippen LogP contribution in [0.15, 0.2) is 69.2 Å². The van der Waals surface area contributed by atoms with E-state index in [1.165, 1.54) is 0 Å². The van der Waals surface area contributed by atoms with Gasteiger partial charge in [-0.2, -0.15) is 10.1 Å². The van der Waals surface area contributed by atoms with Crippen molar-refractivity contribution in [2.45, 2.75) is 96.2 Å². The molecule has 0 unspecified atom stereocenters. The molecule has 3 amide bonds. The zero-order valence-electron chi connectivity index (χ0n) is 30.6. The summed E-state index contributed by atoms with van der Waals surface area (Å²) in [5.74, 6) is 6.08. The molecule has 2 aliphatic rings. The summed E-state index contributed by atoms with van der Waals surface area (Å²) in [6.07, 6.45) is 9.19. The van der Waals surface area contributed by atoms with Gasteiger partial charge in [-0.3, -0.25) is 19.4 Å². The SMILES string of the molecule is CC(C)C[C@H]1NC(=O)c2ccccc2OCC(=NN)C=NCCCCCCCc2nc(no2)[C@H](Cc2ccccc2)N(C)C(=O)[C@H]2CCCN2C1=O. The molecule has 0 saturated carbocycles. The predicted molar refractivity (Wildman–Crippen MR) is 199 cm³/mol. The fourth-order valence-corrected chi connectivity index (χ4v) is 6.77. The van der Waals surface area contributed by atoms with Crippen LogP contribution < -0.4 is 15.9 Å². The Morgan fingerprint density at radius 2 is 1.71 bits per heavy atom. The van der Waals surface area contributed by atoms with Crippen LogP contribution in [0, 0.1) is 5.92 Å². The van der Waals surface area contributed by atoms with E-state index in [9.17, 15) is 14.4 Å². The minimum atomic E-state index is -0.856. The zero-order valence-corrected chi connectivity index (χ0v) is 30.6. The number of hydrogen-bond donors (Lipinski definition) is 2. The molecule has 52 heavy (non-hydrogen) atoms. The third-order valence-electron chi connectivity index (χ3n) is 9.59. The number of likely N-dealkylation sites (N-methyl/N-ethyl adjacent to an activating group) is 1. The van der Waals surface area contributed by atoms with Crippen LogP contribution in [0.1, 0.15) is 98.9 Å². The maximum atomic E-state index is 14.4. The number of carbonyl (C=O) groups is 3. The van der Waals surface area contributed by atoms with Crippen LogP contribution in [-0.4, -0.2) is 88.4 Å². The Labute approximate surface area is 306 Å². The third-order valence-corrected chi connectivity index (χ3v) is 9.59. The van der Waals surface area contributed by atoms with E-state index in [0.29, 0.717) is 68.4 Å². The summed E-state index contributed by atoms with van der Waals surface area (Å²) in [7, 11) is 1.75. The van der Waals surface area contributed by atoms with Gasteiger partial charge in [-0.1, -0.05) is 80.7 Å². The first-order valence-electron chi connectivity index (χ1n) is 18.5. The molecule has 3 aromatic rings. The molecule has 1 aromatic heterocycles. The summed E-state index contributed by atoms with van der Waals surface area (Å²) in [4.78, 5) is 55.0. The average molecular weight is 713 g/mol. The number of nitrogens with two attached hydrogens (primary N) is 1. The molecule has 2 bridgehead atoms. The van der Waals surface area contributed by atoms with Crippen molar-refractivity contribution in [3.8, 4) is 5.75 Å². The van der Waals surface area contributed by atoms with Gasteiger partial charge >= 0.3 is 0 Å². The van der Waals surface area contributed by atoms with Gasteiger partial charge in [-0.25, -0.2) is 0 Å². The Kier molecular flexibility index (Phi) is 13.9. The summed E-state index contributed by atoms with van der Waals surface area (Å²) >= 11 is 0. The number of nitrogens with one attached hydrogen (secondary N) is 1. The van der Waals surface area contributed by atoms with Crippen LogP contribution in [-0.2, 0) is 22.4 Å². The number of hydrazone groups is 1. The van der Waals surface area contributed by atoms with E-state index < -0.39 is 24.0 Å². The summed E-state index contributed by atoms with van der Waals surface area (Å²) in [6, 6.07) is 14.7. The van der Waals surface area contributed by atoms with Gasteiger partial charge in [0.15, 0.2) is 5.82 Å². The molecule has 5 rings (SSSR count). The van der Waals surface area contributed by atoms with Crippen LogP contribution in [0.2, 0.25) is 0 Å². The van der Waals surface area contributed by atoms with Gasteiger partial charge in [-0.15, -0.1) is 0 Å². The second kappa shape index (κ2) is 19.0. The molecule has 0 spiro atoms. The van der Waals surface area contributed by atoms with Crippen LogP contribution in [0.3, 0.4) is 0 Å². The number of benzene rings is 2. The van der Waals surface area contributed by atoms with Crippen molar-refractivity contribution in [2.24, 2.45) is 21.9 Å². The van der Waals surface area contributed by atoms with E-state index >= 15 is 0 Å². The third kappa shape index (κ3) is 10.3. The molecule has 278 valence electrons. The van der Waals surface area contributed by atoms with E-state index in [2.05, 4.69) is 20.6 Å². The highest BCUT2D eigenvalue weighted by molar-refractivity contribution is 6.31. The highest BCUT2D eigenvalue weighted by Gasteiger charge is 2.41. The van der Waals surface area contributed by atoms with Crippen molar-refractivity contribution in [1.82, 2.24) is 25.3 Å². The van der Waals surface area contributed by atoms with Crippen molar-refractivity contribution >= 4 is 29.6 Å². The van der Waals surface area contributed by atoms with Crippen LogP contribution in [0.4, 0.5) is 0 Å². The van der Waals surface area contributed by atoms with Crippen molar-refractivity contribution in [3.05, 3.63) is 77.4 Å². The monoisotopic (exact) mass is 712 g/mol. The summed E-state index contributed by atoms with van der Waals surface area (Å²) in [6.45, 7) is 5.05. The number of para-hydroxylation sites is 1. The van der Waals surface area contributed by atoms with E-state index in [1.807, 2.05) is 44.2 Å². The fraction of sp³-hybridized carbons (Fsp3) is 0.513. The van der Waals surface area contributed by atoms with Gasteiger partial charge in [0, 0.05) is 39.2 Å². The van der Waals surface area contributed by atoms with Gasteiger partial charge in [0.05, 0.1) is 11.6 Å². The summed E-state index contributed by atoms with van der Waals surface area (Å²) in [5, 5.41) is 11.1. The quantitative estimate of drug-likeness (QED) is 0.284. The summed E-state index contributed by atoms with van der Waals surface area (Å²) < 4.78 is 11.7. The first-order chi connectivity index (χ1) is 25.2. The second-order valence-electron chi connectivity index (χ2n) is 14.0. The lowest BCUT2D eigenvalue weighted by molar-refractivity contribution is -0.145. The lowest BCUT2D eigenvalue weighted by Crippen LogP contribution is -2.54. The number of ether oxygens (including phenoxy) is 1. The molecule has 13 nitrogen and oxygen atoms in total. The van der Waals surface area contributed by atoms with Crippen molar-refractivity contribution in [1.29, 1.82) is 0 Å². The lowest BCUT2D eigenvalue weighted by Gasteiger charge is -2.34. The Balaban J connectivity index is 1.43. The normalized spacial score (nSPS) is 22.6. The smallest absolute Gasteiger partial charge is 0.255 e. The second-order valence-corrected chi connectivity index (χ2v) is 14.0. The largest absolute Gasteiger partial charge is 0.486 e. The van der Waals surface area contributed by atoms with Gasteiger partial charge in [0.25, 0.3) is 5.91 Å². The molecular formula is C39H52N8O5. The fourth-order valence-electron chi connectivity index (χ4n) is 6.77. The Hall–Kier alpha value is -5.07. The standard InChI is InChI=1S/C39H52N8O5/c1-27(2)23-31-38(49)47-22-14-18-32(47)39(50)46(3)33(24-28-15-8-7-9-16-28)36-43-35(52-45-36)20-10-5-4-6-13-21-41-25-29(44-40)26-51-34-19-12-11-17-30(34)37(48)42-31/h7-9,11-12,15-17,19,25,27,31-33H,4-6,10,13-14,18,20-24,26,40H2,1-3H3,(H,42,48)/t31-,32-,33+/m1/s1. The molecule has 3 heterocycles. The molecule has 2 aromatic carbocycles. The van der Waals surface area contributed by atoms with E-state index in [0.717, 1.165) is 37.7 Å². The first-order valence-corrected chi connectivity index (χ1v) is 18.5. The number of hydrogen-bond acceptors (Lipinski definition) is 10. The number of aryl methyl sites for hydroxylation is 1. The predicted octanol–water partition coefficient (Wildman–Crippen LogP) is 4.92. The number of fused-ring (bicyclic) bond motifs is 4. The maximum Gasteiger partial charge on any atom is 0.255 e. The Morgan fingerprint density at radius 3 is 2.50 bits per heavy atom. The number of nitrogens with zero attached hydrogens (tertiary/aromatic N) is 6. The minimum Gasteiger partial charge on any atom is -0.486 e. The zero-order chi connectivity index (χ0) is 36.9. The molecule has 3 N–H and O–H groups in total. The highest BCUT2D eigenvalue weighted by atomic mass is 16.5. The Bertz CT molecular complexity index is 1690. The van der Waals surface area contributed by atoms with Gasteiger partial charge < -0.3 is 30.2 Å². The highest BCUT2D eigenvalue weighted by Crippen LogP contribution is 2.28. The van der Waals surface area contributed by atoms with Crippen LogP contribution >= 0.6 is 0 Å². The lowest BCUT2D eigenvalue weighted by atomic mass is 10.0. The van der Waals surface area contributed by atoms with Crippen molar-refractivity contribution in [2.75, 3.05) is 26.7 Å². The first kappa shape index (κ1) is 38.2. The summed E-state index contributed by atoms with van der Waals surface area (Å²) in [5.41, 5.74) is 1.73. The van der Waals surface area contributed by atoms with Crippen molar-refractivity contribution < 1.29 is 23.6 Å². The molecule has 2 aliphatic heterocycles. The topological polar surface area (TPSA) is 169 Å². The molecule has 3 atom stereocenters. The van der Waals surface area contributed by atoms with Crippen molar-refractivity contribution in [3.63, 3.8) is 0 Å². The molecule has 1 saturated heterocycles. The van der Waals surface area contributed by atoms with Gasteiger partial charge in [-0.05, 0) is 55.7 Å². The Morgan fingerprint density at radius 1 is 0.962 bits per heavy atom. The van der Waals surface area contributed by atoms with E-state index in [4.69, 9.17) is 20.1 Å². The number of amides is 3. The number of aliphatic imine (C=N–C) groups is 1. The molecular weight excluding hydrogens is 660 g/mol. The van der Waals surface area contributed by atoms with E-state index in [1.54, 1.807) is 47.3 Å². The van der Waals surface area contributed by atoms with Gasteiger partial charge in [0.2, 0.25) is 17.7 Å². The minimum absolute atomic E-state index is 0.0202. The molecule has 0 radical (unpaired) electrons. The van der Waals surface area contributed by atoms with Crippen LogP contribution in [0.5, 0.6) is 5.75 Å². The van der Waals surface area contributed by atoms with Gasteiger partial charge in [0.1, 0.15) is 30.2 Å². The molecule has 0 aliphatic carbocycles. The van der Waals surface area contributed by atoms with E-state index in [-0.39, 0.29) is 29.9 Å². The average Bonchev–Trinajstić information content (AvgIpc) is 3.84. The van der Waals surface area contributed by atoms with Crippen LogP contribution in [0.25, 0.3) is 0 Å². The maximum absolute atomic E-state index is 14.4.